The second kappa shape index (κ2) is 5.37. The molecule has 1 aromatic heterocycles. The molecule has 4 heteroatoms. The summed E-state index contributed by atoms with van der Waals surface area (Å²) < 4.78 is 0. The number of anilines is 1. The summed E-state index contributed by atoms with van der Waals surface area (Å²) in [5, 5.41) is 2.34. The van der Waals surface area contributed by atoms with Gasteiger partial charge in [0.05, 0.1) is 0 Å². The van der Waals surface area contributed by atoms with E-state index in [1.54, 1.807) is 0 Å². The third-order valence-corrected chi connectivity index (χ3v) is 2.71. The largest absolute Gasteiger partial charge is 0.362 e. The number of fused-ring (bicyclic) bond motifs is 1. The molecule has 2 aromatic rings. The van der Waals surface area contributed by atoms with E-state index in [2.05, 4.69) is 17.1 Å². The third kappa shape index (κ3) is 2.23. The van der Waals surface area contributed by atoms with Gasteiger partial charge in [0, 0.05) is 31.6 Å². The second-order valence-corrected chi connectivity index (χ2v) is 3.95. The zero-order chi connectivity index (χ0) is 10.8. The fourth-order valence-corrected chi connectivity index (χ4v) is 1.91. The first kappa shape index (κ1) is 13.1. The fourth-order valence-electron chi connectivity index (χ4n) is 1.70. The summed E-state index contributed by atoms with van der Waals surface area (Å²) in [6.45, 7) is 0. The molecule has 1 heterocycles. The Morgan fingerprint density at radius 1 is 1.19 bits per heavy atom. The topological polar surface area (TPSA) is 16.1 Å². The fraction of sp³-hybridized carbons (Fsp3) is 0.250. The van der Waals surface area contributed by atoms with E-state index in [0.717, 1.165) is 16.8 Å². The molecule has 0 bridgehead atoms. The van der Waals surface area contributed by atoms with Crippen molar-refractivity contribution >= 4 is 40.6 Å². The number of halogens is 2. The summed E-state index contributed by atoms with van der Waals surface area (Å²) in [6, 6.07) is 8.21. The smallest absolute Gasteiger partial charge is 0.135 e. The van der Waals surface area contributed by atoms with Crippen LogP contribution in [0, 0.1) is 0 Å². The van der Waals surface area contributed by atoms with Gasteiger partial charge in [-0.2, -0.15) is 0 Å². The number of hydrogen-bond acceptors (Lipinski definition) is 2. The molecule has 0 saturated heterocycles. The van der Waals surface area contributed by atoms with Gasteiger partial charge < -0.3 is 4.90 Å². The lowest BCUT2D eigenvalue weighted by Crippen LogP contribution is -2.11. The molecule has 86 valence electrons. The van der Waals surface area contributed by atoms with Crippen molar-refractivity contribution in [3.8, 4) is 0 Å². The maximum atomic E-state index is 5.88. The van der Waals surface area contributed by atoms with E-state index in [9.17, 15) is 0 Å². The Bertz CT molecular complexity index is 483. The van der Waals surface area contributed by atoms with Gasteiger partial charge in [-0.15, -0.1) is 24.0 Å². The second-order valence-electron chi connectivity index (χ2n) is 3.68. The Kier molecular flexibility index (Phi) is 4.39. The van der Waals surface area contributed by atoms with E-state index in [1.165, 1.54) is 5.39 Å². The number of rotatable bonds is 2. The van der Waals surface area contributed by atoms with Crippen LogP contribution in [0.3, 0.4) is 0 Å². The number of aromatic nitrogens is 1. The first-order valence-electron chi connectivity index (χ1n) is 4.84. The SMILES string of the molecule is CN(C)c1ncc(CCl)c2ccccc12.Cl. The first-order chi connectivity index (χ1) is 7.24. The van der Waals surface area contributed by atoms with Crippen LogP contribution in [0.1, 0.15) is 5.56 Å². The summed E-state index contributed by atoms with van der Waals surface area (Å²) in [7, 11) is 3.99. The van der Waals surface area contributed by atoms with Gasteiger partial charge in [0.25, 0.3) is 0 Å². The normalized spacial score (nSPS) is 9.94. The lowest BCUT2D eigenvalue weighted by molar-refractivity contribution is 1.08. The molecule has 2 nitrogen and oxygen atoms in total. The van der Waals surface area contributed by atoms with Gasteiger partial charge in [-0.25, -0.2) is 4.98 Å². The number of benzene rings is 1. The minimum Gasteiger partial charge on any atom is -0.362 e. The molecule has 16 heavy (non-hydrogen) atoms. The predicted molar refractivity (Wildman–Crippen MR) is 72.9 cm³/mol. The molecule has 0 N–H and O–H groups in total. The van der Waals surface area contributed by atoms with Gasteiger partial charge in [-0.1, -0.05) is 24.3 Å². The van der Waals surface area contributed by atoms with E-state index >= 15 is 0 Å². The lowest BCUT2D eigenvalue weighted by Gasteiger charge is -2.15. The van der Waals surface area contributed by atoms with Gasteiger partial charge in [0.1, 0.15) is 5.82 Å². The lowest BCUT2D eigenvalue weighted by atomic mass is 10.1. The van der Waals surface area contributed by atoms with Crippen LogP contribution in [0.4, 0.5) is 5.82 Å². The van der Waals surface area contributed by atoms with Crippen molar-refractivity contribution in [2.45, 2.75) is 5.88 Å². The average molecular weight is 257 g/mol. The zero-order valence-corrected chi connectivity index (χ0v) is 10.8. The summed E-state index contributed by atoms with van der Waals surface area (Å²) in [5.74, 6) is 1.49. The Labute approximate surface area is 107 Å². The highest BCUT2D eigenvalue weighted by Crippen LogP contribution is 2.26. The van der Waals surface area contributed by atoms with Crippen LogP contribution in [0.5, 0.6) is 0 Å². The van der Waals surface area contributed by atoms with E-state index in [-0.39, 0.29) is 12.4 Å². The van der Waals surface area contributed by atoms with Crippen molar-refractivity contribution in [3.05, 3.63) is 36.0 Å². The van der Waals surface area contributed by atoms with Crippen LogP contribution in [0.25, 0.3) is 10.8 Å². The predicted octanol–water partition coefficient (Wildman–Crippen LogP) is 3.46. The molecule has 2 rings (SSSR count). The van der Waals surface area contributed by atoms with Gasteiger partial charge in [-0.05, 0) is 10.9 Å². The van der Waals surface area contributed by atoms with Crippen LogP contribution < -0.4 is 4.90 Å². The van der Waals surface area contributed by atoms with Crippen molar-refractivity contribution in [2.75, 3.05) is 19.0 Å². The summed E-state index contributed by atoms with van der Waals surface area (Å²) in [6.07, 6.45) is 1.85. The quantitative estimate of drug-likeness (QED) is 0.766. The molecule has 0 aliphatic heterocycles. The number of nitrogens with zero attached hydrogens (tertiary/aromatic N) is 2. The Morgan fingerprint density at radius 3 is 2.38 bits per heavy atom. The Morgan fingerprint density at radius 2 is 1.81 bits per heavy atom. The summed E-state index contributed by atoms with van der Waals surface area (Å²) in [4.78, 5) is 6.43. The van der Waals surface area contributed by atoms with Crippen LogP contribution in [0.2, 0.25) is 0 Å². The summed E-state index contributed by atoms with van der Waals surface area (Å²) in [5.41, 5.74) is 1.08. The van der Waals surface area contributed by atoms with E-state index < -0.39 is 0 Å². The van der Waals surface area contributed by atoms with E-state index in [0.29, 0.717) is 5.88 Å². The maximum Gasteiger partial charge on any atom is 0.135 e. The Hall–Kier alpha value is -0.990. The molecule has 0 unspecified atom stereocenters. The van der Waals surface area contributed by atoms with Gasteiger partial charge in [0.2, 0.25) is 0 Å². The van der Waals surface area contributed by atoms with Crippen molar-refractivity contribution in [3.63, 3.8) is 0 Å². The molecule has 0 aliphatic rings. The highest BCUT2D eigenvalue weighted by Gasteiger charge is 2.07. The van der Waals surface area contributed by atoms with Crippen LogP contribution >= 0.6 is 24.0 Å². The maximum absolute atomic E-state index is 5.88. The molecular formula is C12H14Cl2N2. The number of hydrogen-bond donors (Lipinski definition) is 0. The first-order valence-corrected chi connectivity index (χ1v) is 5.37. The van der Waals surface area contributed by atoms with Crippen LogP contribution in [-0.4, -0.2) is 19.1 Å². The molecule has 0 spiro atoms. The minimum absolute atomic E-state index is 0. The van der Waals surface area contributed by atoms with Gasteiger partial charge in [0.15, 0.2) is 0 Å². The standard InChI is InChI=1S/C12H13ClN2.ClH/c1-15(2)12-11-6-4-3-5-10(11)9(7-13)8-14-12;/h3-6,8H,7H2,1-2H3;1H. The van der Waals surface area contributed by atoms with Crippen molar-refractivity contribution in [2.24, 2.45) is 0 Å². The van der Waals surface area contributed by atoms with Crippen molar-refractivity contribution < 1.29 is 0 Å². The van der Waals surface area contributed by atoms with E-state index in [4.69, 9.17) is 11.6 Å². The van der Waals surface area contributed by atoms with Crippen LogP contribution in [0.15, 0.2) is 30.5 Å². The monoisotopic (exact) mass is 256 g/mol. The molecule has 0 radical (unpaired) electrons. The molecule has 1 aromatic carbocycles. The molecule has 0 saturated carbocycles. The van der Waals surface area contributed by atoms with Gasteiger partial charge >= 0.3 is 0 Å². The van der Waals surface area contributed by atoms with Gasteiger partial charge in [-0.3, -0.25) is 0 Å². The van der Waals surface area contributed by atoms with Crippen molar-refractivity contribution in [1.82, 2.24) is 4.98 Å². The molecule has 0 aliphatic carbocycles. The third-order valence-electron chi connectivity index (χ3n) is 2.42. The van der Waals surface area contributed by atoms with Crippen molar-refractivity contribution in [1.29, 1.82) is 0 Å². The zero-order valence-electron chi connectivity index (χ0n) is 9.27. The summed E-state index contributed by atoms with van der Waals surface area (Å²) >= 11 is 5.88. The average Bonchev–Trinajstić information content (AvgIpc) is 2.27. The highest BCUT2D eigenvalue weighted by molar-refractivity contribution is 6.18. The molecule has 0 atom stereocenters. The Balaban J connectivity index is 0.00000128. The minimum atomic E-state index is 0. The van der Waals surface area contributed by atoms with Crippen LogP contribution in [-0.2, 0) is 5.88 Å². The number of alkyl halides is 1. The molecule has 0 fully saturated rings. The molecule has 0 amide bonds. The highest BCUT2D eigenvalue weighted by atomic mass is 35.5. The molecular weight excluding hydrogens is 243 g/mol. The number of pyridine rings is 1. The van der Waals surface area contributed by atoms with E-state index in [1.807, 2.05) is 37.3 Å².